The summed E-state index contributed by atoms with van der Waals surface area (Å²) >= 11 is 5.99. The zero-order chi connectivity index (χ0) is 18.6. The molecule has 8 heteroatoms. The Morgan fingerprint density at radius 1 is 1.12 bits per heavy atom. The van der Waals surface area contributed by atoms with Crippen LogP contribution in [0.1, 0.15) is 23.2 Å². The average molecular weight is 394 g/mol. The summed E-state index contributed by atoms with van der Waals surface area (Å²) in [5.74, 6) is -0.207. The van der Waals surface area contributed by atoms with Crippen LogP contribution in [-0.4, -0.2) is 33.5 Å². The summed E-state index contributed by atoms with van der Waals surface area (Å²) in [4.78, 5) is 12.4. The van der Waals surface area contributed by atoms with Gasteiger partial charge in [-0.2, -0.15) is 0 Å². The minimum Gasteiger partial charge on any atom is -0.348 e. The van der Waals surface area contributed by atoms with E-state index in [0.29, 0.717) is 16.3 Å². The Balaban J connectivity index is 1.70. The Labute approximate surface area is 158 Å². The van der Waals surface area contributed by atoms with Crippen molar-refractivity contribution in [2.24, 2.45) is 0 Å². The van der Waals surface area contributed by atoms with Crippen LogP contribution in [0.5, 0.6) is 0 Å². The lowest BCUT2D eigenvalue weighted by molar-refractivity contribution is 0.0930. The number of sulfonamides is 1. The second-order valence-corrected chi connectivity index (χ2v) is 8.22. The fraction of sp³-hybridized carbons (Fsp3) is 0.278. The maximum Gasteiger partial charge on any atom is 0.261 e. The van der Waals surface area contributed by atoms with Gasteiger partial charge in [0.05, 0.1) is 15.6 Å². The Bertz CT molecular complexity index is 879. The summed E-state index contributed by atoms with van der Waals surface area (Å²) in [6, 6.07) is 12.5. The minimum atomic E-state index is -3.78. The Morgan fingerprint density at radius 3 is 2.50 bits per heavy atom. The van der Waals surface area contributed by atoms with Crippen molar-refractivity contribution >= 4 is 33.2 Å². The standard InChI is InChI=1S/C18H20ClN3O3S/c19-16-5-1-2-6-17(16)22-26(24,25)15-9-7-13(8-10-15)18(23)21-14-4-3-11-20-12-14/h1-2,5-10,14,20,22H,3-4,11-12H2,(H,21,23)/t14-/m0/s1. The largest absolute Gasteiger partial charge is 0.348 e. The molecule has 0 spiro atoms. The van der Waals surface area contributed by atoms with E-state index < -0.39 is 10.0 Å². The third-order valence-electron chi connectivity index (χ3n) is 4.18. The molecular weight excluding hydrogens is 374 g/mol. The molecule has 0 aliphatic carbocycles. The van der Waals surface area contributed by atoms with E-state index in [-0.39, 0.29) is 16.8 Å². The van der Waals surface area contributed by atoms with Crippen LogP contribution < -0.4 is 15.4 Å². The van der Waals surface area contributed by atoms with Gasteiger partial charge in [0.1, 0.15) is 0 Å². The lowest BCUT2D eigenvalue weighted by Gasteiger charge is -2.23. The van der Waals surface area contributed by atoms with E-state index in [1.807, 2.05) is 0 Å². The van der Waals surface area contributed by atoms with Gasteiger partial charge in [-0.25, -0.2) is 8.42 Å². The van der Waals surface area contributed by atoms with Crippen molar-refractivity contribution in [2.75, 3.05) is 17.8 Å². The van der Waals surface area contributed by atoms with Gasteiger partial charge in [-0.15, -0.1) is 0 Å². The summed E-state index contributed by atoms with van der Waals surface area (Å²) in [5, 5.41) is 6.51. The monoisotopic (exact) mass is 393 g/mol. The first-order valence-corrected chi connectivity index (χ1v) is 10.2. The van der Waals surface area contributed by atoms with E-state index in [1.54, 1.807) is 24.3 Å². The average Bonchev–Trinajstić information content (AvgIpc) is 2.64. The number of piperidine rings is 1. The quantitative estimate of drug-likeness (QED) is 0.728. The second kappa shape index (κ2) is 8.07. The molecule has 1 heterocycles. The van der Waals surface area contributed by atoms with Gasteiger partial charge in [-0.3, -0.25) is 9.52 Å². The zero-order valence-corrected chi connectivity index (χ0v) is 15.6. The molecule has 0 aromatic heterocycles. The number of nitrogens with one attached hydrogen (secondary N) is 3. The van der Waals surface area contributed by atoms with Gasteiger partial charge in [0.25, 0.3) is 15.9 Å². The second-order valence-electron chi connectivity index (χ2n) is 6.13. The van der Waals surface area contributed by atoms with E-state index in [0.717, 1.165) is 25.9 Å². The minimum absolute atomic E-state index is 0.0632. The van der Waals surface area contributed by atoms with Crippen LogP contribution >= 0.6 is 11.6 Å². The van der Waals surface area contributed by atoms with Crippen LogP contribution in [-0.2, 0) is 10.0 Å². The van der Waals surface area contributed by atoms with Crippen molar-refractivity contribution < 1.29 is 13.2 Å². The molecule has 1 fully saturated rings. The topological polar surface area (TPSA) is 87.3 Å². The number of rotatable bonds is 5. The molecule has 1 aliphatic heterocycles. The van der Waals surface area contributed by atoms with Gasteiger partial charge in [0.15, 0.2) is 0 Å². The summed E-state index contributed by atoms with van der Waals surface area (Å²) < 4.78 is 27.4. The Morgan fingerprint density at radius 2 is 1.85 bits per heavy atom. The van der Waals surface area contributed by atoms with Crippen LogP contribution in [0, 0.1) is 0 Å². The Hall–Kier alpha value is -2.09. The summed E-state index contributed by atoms with van der Waals surface area (Å²) in [6.45, 7) is 1.72. The van der Waals surface area contributed by atoms with Crippen molar-refractivity contribution in [3.63, 3.8) is 0 Å². The number of halogens is 1. The molecule has 3 N–H and O–H groups in total. The molecule has 1 atom stereocenters. The van der Waals surface area contributed by atoms with Crippen molar-refractivity contribution in [2.45, 2.75) is 23.8 Å². The van der Waals surface area contributed by atoms with E-state index in [1.165, 1.54) is 24.3 Å². The number of anilines is 1. The first kappa shape index (κ1) is 18.7. The highest BCUT2D eigenvalue weighted by Gasteiger charge is 2.19. The maximum absolute atomic E-state index is 12.5. The number of hydrogen-bond acceptors (Lipinski definition) is 4. The third-order valence-corrected chi connectivity index (χ3v) is 5.89. The number of hydrogen-bond donors (Lipinski definition) is 3. The smallest absolute Gasteiger partial charge is 0.261 e. The SMILES string of the molecule is O=C(N[C@H]1CCCNC1)c1ccc(S(=O)(=O)Nc2ccccc2Cl)cc1. The van der Waals surface area contributed by atoms with Crippen molar-refractivity contribution in [3.8, 4) is 0 Å². The van der Waals surface area contributed by atoms with E-state index in [4.69, 9.17) is 11.6 Å². The highest BCUT2D eigenvalue weighted by Crippen LogP contribution is 2.24. The van der Waals surface area contributed by atoms with Gasteiger partial charge in [0, 0.05) is 18.2 Å². The molecule has 1 saturated heterocycles. The molecule has 0 radical (unpaired) electrons. The molecule has 138 valence electrons. The van der Waals surface area contributed by atoms with E-state index >= 15 is 0 Å². The molecule has 2 aromatic carbocycles. The number of carbonyl (C=O) groups excluding carboxylic acids is 1. The van der Waals surface area contributed by atoms with Crippen LogP contribution in [0.3, 0.4) is 0 Å². The van der Waals surface area contributed by atoms with Crippen molar-refractivity contribution in [1.82, 2.24) is 10.6 Å². The number of amides is 1. The molecule has 6 nitrogen and oxygen atoms in total. The first-order chi connectivity index (χ1) is 12.5. The summed E-state index contributed by atoms with van der Waals surface area (Å²) in [7, 11) is -3.78. The summed E-state index contributed by atoms with van der Waals surface area (Å²) in [6.07, 6.45) is 1.96. The molecule has 1 amide bonds. The van der Waals surface area contributed by atoms with Crippen LogP contribution in [0.25, 0.3) is 0 Å². The molecule has 1 aliphatic rings. The van der Waals surface area contributed by atoms with Crippen LogP contribution in [0.2, 0.25) is 5.02 Å². The number of para-hydroxylation sites is 1. The lowest BCUT2D eigenvalue weighted by atomic mass is 10.1. The third kappa shape index (κ3) is 4.55. The first-order valence-electron chi connectivity index (χ1n) is 8.35. The molecule has 0 bridgehead atoms. The normalized spacial score (nSPS) is 17.5. The van der Waals surface area contributed by atoms with Gasteiger partial charge >= 0.3 is 0 Å². The molecular formula is C18H20ClN3O3S. The predicted molar refractivity (Wildman–Crippen MR) is 102 cm³/mol. The fourth-order valence-electron chi connectivity index (χ4n) is 2.78. The fourth-order valence-corrected chi connectivity index (χ4v) is 4.10. The van der Waals surface area contributed by atoms with Crippen LogP contribution in [0.15, 0.2) is 53.4 Å². The highest BCUT2D eigenvalue weighted by atomic mass is 35.5. The highest BCUT2D eigenvalue weighted by molar-refractivity contribution is 7.92. The van der Waals surface area contributed by atoms with E-state index in [2.05, 4.69) is 15.4 Å². The zero-order valence-electron chi connectivity index (χ0n) is 14.0. The number of carbonyl (C=O) groups is 1. The Kier molecular flexibility index (Phi) is 5.80. The lowest BCUT2D eigenvalue weighted by Crippen LogP contribution is -2.45. The van der Waals surface area contributed by atoms with Gasteiger partial charge in [-0.05, 0) is 55.8 Å². The number of benzene rings is 2. The predicted octanol–water partition coefficient (Wildman–Crippen LogP) is 2.62. The van der Waals surface area contributed by atoms with Crippen LogP contribution in [0.4, 0.5) is 5.69 Å². The molecule has 2 aromatic rings. The molecule has 0 unspecified atom stereocenters. The van der Waals surface area contributed by atoms with E-state index in [9.17, 15) is 13.2 Å². The molecule has 0 saturated carbocycles. The van der Waals surface area contributed by atoms with Gasteiger partial charge in [0.2, 0.25) is 0 Å². The molecule has 26 heavy (non-hydrogen) atoms. The maximum atomic E-state index is 12.5. The molecule has 3 rings (SSSR count). The van der Waals surface area contributed by atoms with Crippen molar-refractivity contribution in [1.29, 1.82) is 0 Å². The summed E-state index contributed by atoms with van der Waals surface area (Å²) in [5.41, 5.74) is 0.730. The van der Waals surface area contributed by atoms with Crippen molar-refractivity contribution in [3.05, 3.63) is 59.1 Å². The van der Waals surface area contributed by atoms with Gasteiger partial charge in [-0.1, -0.05) is 23.7 Å². The van der Waals surface area contributed by atoms with Gasteiger partial charge < -0.3 is 10.6 Å².